The van der Waals surface area contributed by atoms with Crippen molar-refractivity contribution in [1.29, 1.82) is 0 Å². The molecule has 0 bridgehead atoms. The van der Waals surface area contributed by atoms with Crippen LogP contribution in [-0.4, -0.2) is 22.0 Å². The van der Waals surface area contributed by atoms with Crippen LogP contribution in [0.5, 0.6) is 0 Å². The van der Waals surface area contributed by atoms with Gasteiger partial charge in [0.2, 0.25) is 10.0 Å². The Morgan fingerprint density at radius 3 is 2.50 bits per heavy atom. The van der Waals surface area contributed by atoms with Crippen LogP contribution < -0.4 is 10.0 Å². The number of hydrogen-bond donors (Lipinski definition) is 2. The summed E-state index contributed by atoms with van der Waals surface area (Å²) in [6, 6.07) is 4.13. The van der Waals surface area contributed by atoms with Gasteiger partial charge >= 0.3 is 0 Å². The van der Waals surface area contributed by atoms with Gasteiger partial charge < -0.3 is 5.32 Å². The van der Waals surface area contributed by atoms with E-state index in [0.29, 0.717) is 18.7 Å². The number of benzene rings is 1. The summed E-state index contributed by atoms with van der Waals surface area (Å²) in [6.07, 6.45) is 0. The molecule has 0 atom stereocenters. The molecule has 0 spiro atoms. The van der Waals surface area contributed by atoms with E-state index in [-0.39, 0.29) is 10.8 Å². The zero-order valence-corrected chi connectivity index (χ0v) is 11.6. The van der Waals surface area contributed by atoms with Gasteiger partial charge in [0.15, 0.2) is 0 Å². The molecule has 1 rings (SSSR count). The van der Waals surface area contributed by atoms with Crippen molar-refractivity contribution in [3.8, 4) is 0 Å². The molecule has 0 aliphatic carbocycles. The Balaban J connectivity index is 2.95. The normalized spacial score (nSPS) is 12.1. The van der Waals surface area contributed by atoms with Crippen LogP contribution in [0.3, 0.4) is 0 Å². The van der Waals surface area contributed by atoms with E-state index in [1.807, 2.05) is 13.8 Å². The molecule has 0 aliphatic heterocycles. The Kier molecular flexibility index (Phi) is 5.25. The van der Waals surface area contributed by atoms with Gasteiger partial charge in [0.05, 0.1) is 0 Å². The number of rotatable bonds is 6. The fourth-order valence-electron chi connectivity index (χ4n) is 1.43. The van der Waals surface area contributed by atoms with Crippen molar-refractivity contribution in [2.24, 2.45) is 5.92 Å². The topological polar surface area (TPSA) is 58.2 Å². The third-order valence-corrected chi connectivity index (χ3v) is 3.81. The molecule has 0 saturated carbocycles. The second-order valence-corrected chi connectivity index (χ2v) is 6.28. The quantitative estimate of drug-likeness (QED) is 0.826. The molecular formula is C12H19FN2O2S. The first kappa shape index (κ1) is 15.1. The van der Waals surface area contributed by atoms with Gasteiger partial charge in [-0.1, -0.05) is 19.9 Å². The SMILES string of the molecule is CNCc1ccc(S(=O)(=O)NCC(C)C)c(F)c1. The van der Waals surface area contributed by atoms with E-state index in [2.05, 4.69) is 10.0 Å². The minimum atomic E-state index is -3.76. The molecule has 0 fully saturated rings. The summed E-state index contributed by atoms with van der Waals surface area (Å²) in [7, 11) is -2.02. The second kappa shape index (κ2) is 6.26. The van der Waals surface area contributed by atoms with E-state index in [0.717, 1.165) is 0 Å². The molecule has 4 nitrogen and oxygen atoms in total. The Labute approximate surface area is 108 Å². The summed E-state index contributed by atoms with van der Waals surface area (Å²) in [5.41, 5.74) is 0.706. The van der Waals surface area contributed by atoms with Crippen LogP contribution in [0.2, 0.25) is 0 Å². The van der Waals surface area contributed by atoms with Crippen LogP contribution in [0.15, 0.2) is 23.1 Å². The maximum Gasteiger partial charge on any atom is 0.243 e. The average molecular weight is 274 g/mol. The highest BCUT2D eigenvalue weighted by molar-refractivity contribution is 7.89. The van der Waals surface area contributed by atoms with Crippen molar-refractivity contribution < 1.29 is 12.8 Å². The standard InChI is InChI=1S/C12H19FN2O2S/c1-9(2)7-15-18(16,17)12-5-4-10(8-14-3)6-11(12)13/h4-6,9,14-15H,7-8H2,1-3H3. The Morgan fingerprint density at radius 2 is 2.00 bits per heavy atom. The van der Waals surface area contributed by atoms with E-state index < -0.39 is 15.8 Å². The zero-order chi connectivity index (χ0) is 13.8. The van der Waals surface area contributed by atoms with Crippen LogP contribution >= 0.6 is 0 Å². The van der Waals surface area contributed by atoms with Crippen molar-refractivity contribution in [2.45, 2.75) is 25.3 Å². The molecule has 0 amide bonds. The van der Waals surface area contributed by atoms with Crippen molar-refractivity contribution in [2.75, 3.05) is 13.6 Å². The van der Waals surface area contributed by atoms with Crippen molar-refractivity contribution in [3.05, 3.63) is 29.6 Å². The van der Waals surface area contributed by atoms with Gasteiger partial charge in [-0.15, -0.1) is 0 Å². The number of halogens is 1. The highest BCUT2D eigenvalue weighted by Gasteiger charge is 2.19. The van der Waals surface area contributed by atoms with Crippen LogP contribution in [0, 0.1) is 11.7 Å². The summed E-state index contributed by atoms with van der Waals surface area (Å²) >= 11 is 0. The maximum absolute atomic E-state index is 13.7. The Hall–Kier alpha value is -0.980. The lowest BCUT2D eigenvalue weighted by molar-refractivity contribution is 0.542. The first-order chi connectivity index (χ1) is 8.36. The predicted octanol–water partition coefficient (Wildman–Crippen LogP) is 1.48. The highest BCUT2D eigenvalue weighted by Crippen LogP contribution is 2.16. The van der Waals surface area contributed by atoms with E-state index in [4.69, 9.17) is 0 Å². The molecule has 0 radical (unpaired) electrons. The molecule has 2 N–H and O–H groups in total. The smallest absolute Gasteiger partial charge is 0.243 e. The minimum absolute atomic E-state index is 0.173. The summed E-state index contributed by atoms with van der Waals surface area (Å²) in [4.78, 5) is -0.303. The third-order valence-electron chi connectivity index (χ3n) is 2.35. The van der Waals surface area contributed by atoms with Crippen molar-refractivity contribution in [3.63, 3.8) is 0 Å². The lowest BCUT2D eigenvalue weighted by Gasteiger charge is -2.10. The molecule has 1 aromatic carbocycles. The maximum atomic E-state index is 13.7. The van der Waals surface area contributed by atoms with E-state index in [1.54, 1.807) is 13.1 Å². The summed E-state index contributed by atoms with van der Waals surface area (Å²) in [6.45, 7) is 4.56. The molecule has 0 aliphatic rings. The minimum Gasteiger partial charge on any atom is -0.316 e. The molecule has 6 heteroatoms. The van der Waals surface area contributed by atoms with Crippen LogP contribution in [0.25, 0.3) is 0 Å². The fraction of sp³-hybridized carbons (Fsp3) is 0.500. The summed E-state index contributed by atoms with van der Waals surface area (Å²) in [5.74, 6) is -0.551. The van der Waals surface area contributed by atoms with Gasteiger partial charge in [-0.2, -0.15) is 0 Å². The van der Waals surface area contributed by atoms with Gasteiger partial charge in [-0.25, -0.2) is 17.5 Å². The van der Waals surface area contributed by atoms with Crippen molar-refractivity contribution in [1.82, 2.24) is 10.0 Å². The average Bonchev–Trinajstić information content (AvgIpc) is 2.27. The van der Waals surface area contributed by atoms with Gasteiger partial charge in [0.25, 0.3) is 0 Å². The fourth-order valence-corrected chi connectivity index (χ4v) is 2.70. The molecule has 1 aromatic rings. The van der Waals surface area contributed by atoms with E-state index in [1.165, 1.54) is 12.1 Å². The number of nitrogens with one attached hydrogen (secondary N) is 2. The zero-order valence-electron chi connectivity index (χ0n) is 10.8. The largest absolute Gasteiger partial charge is 0.316 e. The molecular weight excluding hydrogens is 255 g/mol. The predicted molar refractivity (Wildman–Crippen MR) is 69.2 cm³/mol. The van der Waals surface area contributed by atoms with Crippen LogP contribution in [0.4, 0.5) is 4.39 Å². The first-order valence-corrected chi connectivity index (χ1v) is 7.28. The van der Waals surface area contributed by atoms with Crippen LogP contribution in [0.1, 0.15) is 19.4 Å². The monoisotopic (exact) mass is 274 g/mol. The Morgan fingerprint density at radius 1 is 1.33 bits per heavy atom. The molecule has 0 saturated heterocycles. The number of sulfonamides is 1. The Bertz CT molecular complexity index is 501. The van der Waals surface area contributed by atoms with E-state index in [9.17, 15) is 12.8 Å². The lowest BCUT2D eigenvalue weighted by atomic mass is 10.2. The van der Waals surface area contributed by atoms with Gasteiger partial charge in [0.1, 0.15) is 10.7 Å². The molecule has 18 heavy (non-hydrogen) atoms. The summed E-state index contributed by atoms with van der Waals surface area (Å²) in [5, 5.41) is 2.88. The van der Waals surface area contributed by atoms with Crippen molar-refractivity contribution >= 4 is 10.0 Å². The van der Waals surface area contributed by atoms with Gasteiger partial charge in [0, 0.05) is 13.1 Å². The highest BCUT2D eigenvalue weighted by atomic mass is 32.2. The second-order valence-electron chi connectivity index (χ2n) is 4.54. The molecule has 102 valence electrons. The molecule has 0 unspecified atom stereocenters. The van der Waals surface area contributed by atoms with E-state index >= 15 is 0 Å². The van der Waals surface area contributed by atoms with Gasteiger partial charge in [-0.3, -0.25) is 0 Å². The first-order valence-electron chi connectivity index (χ1n) is 5.79. The lowest BCUT2D eigenvalue weighted by Crippen LogP contribution is -2.28. The van der Waals surface area contributed by atoms with Crippen LogP contribution in [-0.2, 0) is 16.6 Å². The number of hydrogen-bond acceptors (Lipinski definition) is 3. The third kappa shape index (κ3) is 4.04. The molecule has 0 heterocycles. The summed E-state index contributed by atoms with van der Waals surface area (Å²) < 4.78 is 39.8. The van der Waals surface area contributed by atoms with Gasteiger partial charge in [-0.05, 0) is 30.7 Å². The molecule has 0 aromatic heterocycles.